The zero-order valence-corrected chi connectivity index (χ0v) is 9.02. The van der Waals surface area contributed by atoms with Gasteiger partial charge in [-0.15, -0.1) is 0 Å². The molecule has 1 aliphatic rings. The fraction of sp³-hybridized carbons (Fsp3) is 0.455. The maximum absolute atomic E-state index is 13.5. The zero-order valence-electron chi connectivity index (χ0n) is 9.02. The number of benzene rings is 1. The molecule has 1 saturated heterocycles. The quantitative estimate of drug-likeness (QED) is 0.762. The summed E-state index contributed by atoms with van der Waals surface area (Å²) in [4.78, 5) is 0. The third-order valence-corrected chi connectivity index (χ3v) is 2.71. The highest BCUT2D eigenvalue weighted by atomic mass is 19.1. The Morgan fingerprint density at radius 3 is 2.50 bits per heavy atom. The van der Waals surface area contributed by atoms with Gasteiger partial charge in [-0.25, -0.2) is 8.78 Å². The van der Waals surface area contributed by atoms with Crippen LogP contribution in [0.15, 0.2) is 12.1 Å². The van der Waals surface area contributed by atoms with Crippen molar-refractivity contribution in [3.8, 4) is 0 Å². The van der Waals surface area contributed by atoms with E-state index in [-0.39, 0.29) is 11.4 Å². The van der Waals surface area contributed by atoms with Crippen LogP contribution in [0, 0.1) is 11.6 Å². The predicted octanol–water partition coefficient (Wildman–Crippen LogP) is 2.14. The first-order valence-corrected chi connectivity index (χ1v) is 5.11. The van der Waals surface area contributed by atoms with Crippen LogP contribution >= 0.6 is 0 Å². The molecule has 88 valence electrons. The topological polar surface area (TPSA) is 47.3 Å². The maximum Gasteiger partial charge on any atom is 0.151 e. The fourth-order valence-corrected chi connectivity index (χ4v) is 1.78. The van der Waals surface area contributed by atoms with Gasteiger partial charge in [-0.2, -0.15) is 0 Å². The standard InChI is InChI=1S/C11H14F2N2O/c1-11(2-3-16-6-11)15-10-8(12)4-7(14)5-9(10)13/h4-5,15H,2-3,6,14H2,1H3. The van der Waals surface area contributed by atoms with Gasteiger partial charge >= 0.3 is 0 Å². The Hall–Kier alpha value is -1.36. The lowest BCUT2D eigenvalue weighted by Crippen LogP contribution is -2.35. The molecule has 3 nitrogen and oxygen atoms in total. The van der Waals surface area contributed by atoms with Gasteiger partial charge in [0.15, 0.2) is 11.6 Å². The molecule has 1 unspecified atom stereocenters. The monoisotopic (exact) mass is 228 g/mol. The van der Waals surface area contributed by atoms with Crippen molar-refractivity contribution in [1.82, 2.24) is 0 Å². The molecule has 1 aromatic rings. The second-order valence-electron chi connectivity index (χ2n) is 4.35. The third kappa shape index (κ3) is 2.09. The summed E-state index contributed by atoms with van der Waals surface area (Å²) in [7, 11) is 0. The van der Waals surface area contributed by atoms with Gasteiger partial charge in [-0.05, 0) is 25.5 Å². The average Bonchev–Trinajstić information content (AvgIpc) is 2.59. The third-order valence-electron chi connectivity index (χ3n) is 2.71. The van der Waals surface area contributed by atoms with E-state index in [0.717, 1.165) is 18.6 Å². The van der Waals surface area contributed by atoms with Gasteiger partial charge in [0, 0.05) is 12.3 Å². The van der Waals surface area contributed by atoms with Crippen LogP contribution in [0.2, 0.25) is 0 Å². The van der Waals surface area contributed by atoms with E-state index < -0.39 is 17.2 Å². The molecule has 0 amide bonds. The molecule has 5 heteroatoms. The van der Waals surface area contributed by atoms with Crippen molar-refractivity contribution in [2.75, 3.05) is 24.3 Å². The second-order valence-corrected chi connectivity index (χ2v) is 4.35. The molecule has 0 bridgehead atoms. The number of halogens is 2. The van der Waals surface area contributed by atoms with Crippen molar-refractivity contribution < 1.29 is 13.5 Å². The van der Waals surface area contributed by atoms with Crippen LogP contribution in [0.5, 0.6) is 0 Å². The van der Waals surface area contributed by atoms with E-state index in [4.69, 9.17) is 10.5 Å². The minimum Gasteiger partial charge on any atom is -0.399 e. The summed E-state index contributed by atoms with van der Waals surface area (Å²) in [5, 5.41) is 2.85. The van der Waals surface area contributed by atoms with Crippen LogP contribution in [0.3, 0.4) is 0 Å². The van der Waals surface area contributed by atoms with Crippen LogP contribution < -0.4 is 11.1 Å². The van der Waals surface area contributed by atoms with E-state index in [1.807, 2.05) is 6.92 Å². The first-order chi connectivity index (χ1) is 7.50. The van der Waals surface area contributed by atoms with E-state index in [1.54, 1.807) is 0 Å². The molecule has 1 heterocycles. The van der Waals surface area contributed by atoms with Crippen LogP contribution in [-0.2, 0) is 4.74 Å². The summed E-state index contributed by atoms with van der Waals surface area (Å²) in [5.74, 6) is -1.35. The summed E-state index contributed by atoms with van der Waals surface area (Å²) in [6.45, 7) is 2.91. The first-order valence-electron chi connectivity index (χ1n) is 5.11. The molecule has 1 aliphatic heterocycles. The van der Waals surface area contributed by atoms with E-state index in [1.165, 1.54) is 0 Å². The number of rotatable bonds is 2. The number of nitrogen functional groups attached to an aromatic ring is 1. The summed E-state index contributed by atoms with van der Waals surface area (Å²) in [6, 6.07) is 2.20. The molecule has 1 fully saturated rings. The largest absolute Gasteiger partial charge is 0.399 e. The van der Waals surface area contributed by atoms with Crippen molar-refractivity contribution in [2.24, 2.45) is 0 Å². The van der Waals surface area contributed by atoms with Gasteiger partial charge in [0.2, 0.25) is 0 Å². The Labute approximate surface area is 92.6 Å². The van der Waals surface area contributed by atoms with Gasteiger partial charge in [-0.3, -0.25) is 0 Å². The van der Waals surface area contributed by atoms with Gasteiger partial charge in [0.1, 0.15) is 5.69 Å². The summed E-state index contributed by atoms with van der Waals surface area (Å²) < 4.78 is 32.2. The molecule has 3 N–H and O–H groups in total. The lowest BCUT2D eigenvalue weighted by Gasteiger charge is -2.25. The summed E-state index contributed by atoms with van der Waals surface area (Å²) in [5.41, 5.74) is 4.86. The molecule has 0 aromatic heterocycles. The molecule has 2 rings (SSSR count). The lowest BCUT2D eigenvalue weighted by molar-refractivity contribution is 0.185. The number of anilines is 2. The smallest absolute Gasteiger partial charge is 0.151 e. The van der Waals surface area contributed by atoms with Crippen molar-refractivity contribution in [3.63, 3.8) is 0 Å². The average molecular weight is 228 g/mol. The SMILES string of the molecule is CC1(Nc2c(F)cc(N)cc2F)CCOC1. The molecule has 0 aliphatic carbocycles. The highest BCUT2D eigenvalue weighted by molar-refractivity contribution is 5.55. The lowest BCUT2D eigenvalue weighted by atomic mass is 10.0. The highest BCUT2D eigenvalue weighted by Gasteiger charge is 2.31. The fourth-order valence-electron chi connectivity index (χ4n) is 1.78. The molecule has 0 spiro atoms. The Morgan fingerprint density at radius 1 is 1.38 bits per heavy atom. The van der Waals surface area contributed by atoms with E-state index in [9.17, 15) is 8.78 Å². The van der Waals surface area contributed by atoms with Crippen molar-refractivity contribution >= 4 is 11.4 Å². The Balaban J connectivity index is 2.27. The van der Waals surface area contributed by atoms with Gasteiger partial charge < -0.3 is 15.8 Å². The molecule has 0 radical (unpaired) electrons. The molecule has 16 heavy (non-hydrogen) atoms. The Kier molecular flexibility index (Phi) is 2.71. The van der Waals surface area contributed by atoms with Crippen LogP contribution in [0.25, 0.3) is 0 Å². The second kappa shape index (κ2) is 3.90. The minimum absolute atomic E-state index is 0.0772. The number of hydrogen-bond acceptors (Lipinski definition) is 3. The summed E-state index contributed by atoms with van der Waals surface area (Å²) in [6.07, 6.45) is 0.719. The first kappa shape index (κ1) is 11.1. The Morgan fingerprint density at radius 2 is 2.00 bits per heavy atom. The summed E-state index contributed by atoms with van der Waals surface area (Å²) >= 11 is 0. The van der Waals surface area contributed by atoms with E-state index in [2.05, 4.69) is 5.32 Å². The van der Waals surface area contributed by atoms with Gasteiger partial charge in [-0.1, -0.05) is 0 Å². The number of hydrogen-bond donors (Lipinski definition) is 2. The van der Waals surface area contributed by atoms with Gasteiger partial charge in [0.25, 0.3) is 0 Å². The van der Waals surface area contributed by atoms with E-state index >= 15 is 0 Å². The number of ether oxygens (including phenoxy) is 1. The van der Waals surface area contributed by atoms with Crippen molar-refractivity contribution in [1.29, 1.82) is 0 Å². The van der Waals surface area contributed by atoms with Crippen molar-refractivity contribution in [3.05, 3.63) is 23.8 Å². The maximum atomic E-state index is 13.5. The van der Waals surface area contributed by atoms with Crippen molar-refractivity contribution in [2.45, 2.75) is 18.9 Å². The molecular formula is C11H14F2N2O. The number of nitrogens with two attached hydrogens (primary N) is 1. The molecular weight excluding hydrogens is 214 g/mol. The molecule has 1 atom stereocenters. The predicted molar refractivity (Wildman–Crippen MR) is 58.2 cm³/mol. The van der Waals surface area contributed by atoms with Crippen LogP contribution in [0.4, 0.5) is 20.2 Å². The Bertz CT molecular complexity index is 380. The van der Waals surface area contributed by atoms with E-state index in [0.29, 0.717) is 13.2 Å². The molecule has 1 aromatic carbocycles. The minimum atomic E-state index is -0.675. The normalized spacial score (nSPS) is 24.7. The van der Waals surface area contributed by atoms with Crippen LogP contribution in [0.1, 0.15) is 13.3 Å². The molecule has 0 saturated carbocycles. The number of nitrogens with one attached hydrogen (secondary N) is 1. The van der Waals surface area contributed by atoms with Crippen LogP contribution in [-0.4, -0.2) is 18.8 Å². The highest BCUT2D eigenvalue weighted by Crippen LogP contribution is 2.28. The zero-order chi connectivity index (χ0) is 11.8. The van der Waals surface area contributed by atoms with Gasteiger partial charge in [0.05, 0.1) is 12.1 Å².